The van der Waals surface area contributed by atoms with Crippen molar-refractivity contribution in [2.45, 2.75) is 33.6 Å². The van der Waals surface area contributed by atoms with E-state index in [4.69, 9.17) is 4.74 Å². The van der Waals surface area contributed by atoms with Crippen LogP contribution in [0.5, 0.6) is 0 Å². The second-order valence-corrected chi connectivity index (χ2v) is 5.07. The minimum atomic E-state index is -0.987. The summed E-state index contributed by atoms with van der Waals surface area (Å²) in [6.45, 7) is 6.00. The lowest BCUT2D eigenvalue weighted by Gasteiger charge is -2.05. The average Bonchev–Trinajstić information content (AvgIpc) is 2.38. The number of halogens is 2. The molecule has 1 rings (SSSR count). The third kappa shape index (κ3) is 5.90. The fourth-order valence-corrected chi connectivity index (χ4v) is 1.72. The van der Waals surface area contributed by atoms with Crippen molar-refractivity contribution in [3.63, 3.8) is 0 Å². The Kier molecular flexibility index (Phi) is 6.79. The van der Waals surface area contributed by atoms with Crippen molar-refractivity contribution in [3.8, 4) is 0 Å². The summed E-state index contributed by atoms with van der Waals surface area (Å²) in [6.07, 6.45) is 5.64. The van der Waals surface area contributed by atoms with Gasteiger partial charge < -0.3 is 4.74 Å². The first-order valence-electron chi connectivity index (χ1n) is 6.82. The summed E-state index contributed by atoms with van der Waals surface area (Å²) in [6, 6.07) is 3.26. The van der Waals surface area contributed by atoms with Crippen LogP contribution < -0.4 is 0 Å². The highest BCUT2D eigenvalue weighted by atomic mass is 19.1. The van der Waals surface area contributed by atoms with Crippen molar-refractivity contribution in [2.24, 2.45) is 0 Å². The molecule has 2 nitrogen and oxygen atoms in total. The molecule has 1 aromatic rings. The van der Waals surface area contributed by atoms with E-state index in [0.29, 0.717) is 0 Å². The van der Waals surface area contributed by atoms with Gasteiger partial charge in [0.05, 0.1) is 0 Å². The van der Waals surface area contributed by atoms with Gasteiger partial charge >= 0.3 is 5.97 Å². The van der Waals surface area contributed by atoms with E-state index in [2.05, 4.69) is 6.08 Å². The summed E-state index contributed by atoms with van der Waals surface area (Å²) in [5, 5.41) is 0. The van der Waals surface area contributed by atoms with Gasteiger partial charge in [0.1, 0.15) is 23.8 Å². The minimum Gasteiger partial charge on any atom is -0.458 e. The molecule has 0 saturated carbocycles. The van der Waals surface area contributed by atoms with Crippen LogP contribution in [0.4, 0.5) is 8.78 Å². The molecule has 0 aliphatic rings. The molecule has 0 heterocycles. The second-order valence-electron chi connectivity index (χ2n) is 5.07. The standard InChI is InChI=1S/C17H20F2O2/c1-12(2)6-4-7-13(3)10-11-21-17(20)16-14(18)8-5-9-15(16)19/h5-6,8-10H,4,7,11H2,1-3H3/b13-10+. The molecule has 0 unspecified atom stereocenters. The van der Waals surface area contributed by atoms with E-state index in [0.717, 1.165) is 30.5 Å². The monoisotopic (exact) mass is 294 g/mol. The van der Waals surface area contributed by atoms with Crippen LogP contribution in [-0.4, -0.2) is 12.6 Å². The smallest absolute Gasteiger partial charge is 0.344 e. The molecular formula is C17H20F2O2. The topological polar surface area (TPSA) is 26.3 Å². The summed E-state index contributed by atoms with van der Waals surface area (Å²) >= 11 is 0. The van der Waals surface area contributed by atoms with Crippen LogP contribution in [0.15, 0.2) is 41.5 Å². The van der Waals surface area contributed by atoms with Gasteiger partial charge in [-0.25, -0.2) is 13.6 Å². The van der Waals surface area contributed by atoms with Crippen molar-refractivity contribution in [2.75, 3.05) is 6.61 Å². The van der Waals surface area contributed by atoms with Gasteiger partial charge in [0.15, 0.2) is 0 Å². The molecule has 21 heavy (non-hydrogen) atoms. The predicted molar refractivity (Wildman–Crippen MR) is 79.1 cm³/mol. The van der Waals surface area contributed by atoms with Gasteiger partial charge in [0.25, 0.3) is 0 Å². The predicted octanol–water partition coefficient (Wildman–Crippen LogP) is 4.81. The van der Waals surface area contributed by atoms with Crippen LogP contribution in [0, 0.1) is 11.6 Å². The van der Waals surface area contributed by atoms with Crippen LogP contribution in [0.1, 0.15) is 44.0 Å². The molecule has 0 aliphatic heterocycles. The van der Waals surface area contributed by atoms with Gasteiger partial charge in [0.2, 0.25) is 0 Å². The first kappa shape index (κ1) is 17.1. The van der Waals surface area contributed by atoms with E-state index in [1.165, 1.54) is 11.6 Å². The molecule has 114 valence electrons. The van der Waals surface area contributed by atoms with Gasteiger partial charge in [-0.2, -0.15) is 0 Å². The lowest BCUT2D eigenvalue weighted by molar-refractivity contribution is 0.0538. The number of carbonyl (C=O) groups excluding carboxylic acids is 1. The summed E-state index contributed by atoms with van der Waals surface area (Å²) in [7, 11) is 0. The number of esters is 1. The normalized spacial score (nSPS) is 11.2. The minimum absolute atomic E-state index is 0.00720. The molecule has 0 atom stereocenters. The van der Waals surface area contributed by atoms with Gasteiger partial charge in [0, 0.05) is 0 Å². The Balaban J connectivity index is 2.52. The lowest BCUT2D eigenvalue weighted by Crippen LogP contribution is -2.10. The molecule has 0 saturated heterocycles. The number of hydrogen-bond donors (Lipinski definition) is 0. The largest absolute Gasteiger partial charge is 0.458 e. The Morgan fingerprint density at radius 1 is 1.14 bits per heavy atom. The summed E-state index contributed by atoms with van der Waals surface area (Å²) in [5.74, 6) is -2.81. The Morgan fingerprint density at radius 2 is 1.76 bits per heavy atom. The zero-order valence-corrected chi connectivity index (χ0v) is 12.6. The van der Waals surface area contributed by atoms with Crippen LogP contribution in [0.2, 0.25) is 0 Å². The maximum Gasteiger partial charge on any atom is 0.344 e. The third-order valence-corrected chi connectivity index (χ3v) is 2.90. The number of carbonyl (C=O) groups is 1. The molecule has 4 heteroatoms. The number of benzene rings is 1. The van der Waals surface area contributed by atoms with E-state index in [1.807, 2.05) is 20.8 Å². The van der Waals surface area contributed by atoms with Gasteiger partial charge in [-0.15, -0.1) is 0 Å². The summed E-state index contributed by atoms with van der Waals surface area (Å²) in [5.41, 5.74) is 1.67. The Hall–Kier alpha value is -1.97. The van der Waals surface area contributed by atoms with Gasteiger partial charge in [-0.3, -0.25) is 0 Å². The van der Waals surface area contributed by atoms with Crippen molar-refractivity contribution in [1.29, 1.82) is 0 Å². The number of hydrogen-bond acceptors (Lipinski definition) is 2. The molecule has 0 N–H and O–H groups in total. The fourth-order valence-electron chi connectivity index (χ4n) is 1.72. The van der Waals surface area contributed by atoms with E-state index in [-0.39, 0.29) is 6.61 Å². The Labute approximate surface area is 124 Å². The number of rotatable bonds is 6. The number of ether oxygens (including phenoxy) is 1. The first-order valence-corrected chi connectivity index (χ1v) is 6.82. The van der Waals surface area contributed by atoms with Gasteiger partial charge in [-0.1, -0.05) is 23.3 Å². The Morgan fingerprint density at radius 3 is 2.33 bits per heavy atom. The van der Waals surface area contributed by atoms with Crippen molar-refractivity contribution in [3.05, 3.63) is 58.7 Å². The van der Waals surface area contributed by atoms with E-state index in [1.54, 1.807) is 6.08 Å². The van der Waals surface area contributed by atoms with Crippen molar-refractivity contribution < 1.29 is 18.3 Å². The SMILES string of the molecule is CC(C)=CCC/C(C)=C/COC(=O)c1c(F)cccc1F. The summed E-state index contributed by atoms with van der Waals surface area (Å²) in [4.78, 5) is 11.6. The zero-order chi connectivity index (χ0) is 15.8. The van der Waals surface area contributed by atoms with E-state index in [9.17, 15) is 13.6 Å². The lowest BCUT2D eigenvalue weighted by atomic mass is 10.1. The molecule has 1 aromatic carbocycles. The van der Waals surface area contributed by atoms with Crippen LogP contribution >= 0.6 is 0 Å². The average molecular weight is 294 g/mol. The quantitative estimate of drug-likeness (QED) is 0.555. The maximum absolute atomic E-state index is 13.4. The molecular weight excluding hydrogens is 274 g/mol. The van der Waals surface area contributed by atoms with E-state index >= 15 is 0 Å². The van der Waals surface area contributed by atoms with Crippen LogP contribution in [0.25, 0.3) is 0 Å². The summed E-state index contributed by atoms with van der Waals surface area (Å²) < 4.78 is 31.6. The molecule has 0 spiro atoms. The molecule has 0 fully saturated rings. The maximum atomic E-state index is 13.4. The third-order valence-electron chi connectivity index (χ3n) is 2.90. The highest BCUT2D eigenvalue weighted by molar-refractivity contribution is 5.90. The van der Waals surface area contributed by atoms with Crippen LogP contribution in [-0.2, 0) is 4.74 Å². The molecule has 0 bridgehead atoms. The zero-order valence-electron chi connectivity index (χ0n) is 12.6. The van der Waals surface area contributed by atoms with E-state index < -0.39 is 23.2 Å². The molecule has 0 radical (unpaired) electrons. The second kappa shape index (κ2) is 8.35. The molecule has 0 amide bonds. The van der Waals surface area contributed by atoms with Crippen LogP contribution in [0.3, 0.4) is 0 Å². The fraction of sp³-hybridized carbons (Fsp3) is 0.353. The van der Waals surface area contributed by atoms with Gasteiger partial charge in [-0.05, 0) is 51.8 Å². The Bertz CT molecular complexity index is 536. The molecule has 0 aliphatic carbocycles. The number of allylic oxidation sites excluding steroid dienone is 3. The highest BCUT2D eigenvalue weighted by Crippen LogP contribution is 2.13. The molecule has 0 aromatic heterocycles. The highest BCUT2D eigenvalue weighted by Gasteiger charge is 2.17. The van der Waals surface area contributed by atoms with Crippen molar-refractivity contribution >= 4 is 5.97 Å². The first-order chi connectivity index (χ1) is 9.91. The van der Waals surface area contributed by atoms with Crippen molar-refractivity contribution in [1.82, 2.24) is 0 Å².